The van der Waals surface area contributed by atoms with Gasteiger partial charge in [-0.15, -0.1) is 0 Å². The van der Waals surface area contributed by atoms with Gasteiger partial charge in [-0.05, 0) is 18.9 Å². The molecule has 0 heterocycles. The fraction of sp³-hybridized carbons (Fsp3) is 1.00. The van der Waals surface area contributed by atoms with Gasteiger partial charge in [0.1, 0.15) is 0 Å². The first-order chi connectivity index (χ1) is 13.3. The molecule has 0 aromatic heterocycles. The van der Waals surface area contributed by atoms with Crippen LogP contribution in [0.25, 0.3) is 0 Å². The van der Waals surface area contributed by atoms with Crippen LogP contribution in [-0.4, -0.2) is 6.54 Å². The topological polar surface area (TPSA) is 26.0 Å². The lowest BCUT2D eigenvalue weighted by molar-refractivity contribution is 0.399. The maximum Gasteiger partial charge on any atom is -0.00773 e. The Balaban J connectivity index is 3.10. The minimum atomic E-state index is 0.874. The molecular formula is C26H55N. The van der Waals surface area contributed by atoms with Crippen LogP contribution < -0.4 is 5.73 Å². The molecule has 0 saturated heterocycles. The highest BCUT2D eigenvalue weighted by Crippen LogP contribution is 2.20. The normalized spacial score (nSPS) is 12.6. The molecule has 0 radical (unpaired) electrons. The average molecular weight is 382 g/mol. The summed E-state index contributed by atoms with van der Waals surface area (Å²) in [5.41, 5.74) is 5.52. The van der Waals surface area contributed by atoms with Crippen LogP contribution in [0.1, 0.15) is 155 Å². The Morgan fingerprint density at radius 1 is 0.444 bits per heavy atom. The van der Waals surface area contributed by atoms with E-state index in [2.05, 4.69) is 13.8 Å². The van der Waals surface area contributed by atoms with Gasteiger partial charge in [-0.2, -0.15) is 0 Å². The third kappa shape index (κ3) is 22.1. The van der Waals surface area contributed by atoms with Gasteiger partial charge in [0.2, 0.25) is 0 Å². The lowest BCUT2D eigenvalue weighted by atomic mass is 9.93. The fourth-order valence-electron chi connectivity index (χ4n) is 4.27. The molecule has 0 aliphatic heterocycles. The molecule has 0 aromatic carbocycles. The highest BCUT2D eigenvalue weighted by Gasteiger charge is 2.05. The molecule has 1 unspecified atom stereocenters. The molecule has 0 saturated carbocycles. The molecule has 2 N–H and O–H groups in total. The van der Waals surface area contributed by atoms with E-state index < -0.39 is 0 Å². The van der Waals surface area contributed by atoms with Gasteiger partial charge < -0.3 is 5.73 Å². The summed E-state index contributed by atoms with van der Waals surface area (Å²) in [7, 11) is 0. The monoisotopic (exact) mass is 381 g/mol. The highest BCUT2D eigenvalue weighted by atomic mass is 14.5. The second-order valence-corrected chi connectivity index (χ2v) is 9.00. The van der Waals surface area contributed by atoms with E-state index in [9.17, 15) is 0 Å². The molecule has 0 amide bonds. The number of hydrogen-bond acceptors (Lipinski definition) is 1. The molecule has 0 fully saturated rings. The molecule has 0 spiro atoms. The van der Waals surface area contributed by atoms with Crippen LogP contribution in [0.3, 0.4) is 0 Å². The molecule has 1 heteroatoms. The molecule has 0 aliphatic carbocycles. The average Bonchev–Trinajstić information content (AvgIpc) is 2.69. The Kier molecular flexibility index (Phi) is 24.0. The second-order valence-electron chi connectivity index (χ2n) is 9.00. The minimum Gasteiger partial charge on any atom is -0.330 e. The van der Waals surface area contributed by atoms with E-state index >= 15 is 0 Å². The molecule has 0 bridgehead atoms. The van der Waals surface area contributed by atoms with Crippen LogP contribution in [0.15, 0.2) is 0 Å². The van der Waals surface area contributed by atoms with Gasteiger partial charge in [0.25, 0.3) is 0 Å². The summed E-state index contributed by atoms with van der Waals surface area (Å²) >= 11 is 0. The van der Waals surface area contributed by atoms with E-state index in [-0.39, 0.29) is 0 Å². The van der Waals surface area contributed by atoms with Crippen molar-refractivity contribution >= 4 is 0 Å². The molecule has 1 atom stereocenters. The summed E-state index contributed by atoms with van der Waals surface area (Å²) in [6.45, 7) is 5.57. The molecule has 27 heavy (non-hydrogen) atoms. The van der Waals surface area contributed by atoms with Gasteiger partial charge in [0.15, 0.2) is 0 Å². The molecule has 1 nitrogen and oxygen atoms in total. The van der Waals surface area contributed by atoms with Gasteiger partial charge >= 0.3 is 0 Å². The Labute approximate surface area is 173 Å². The third-order valence-corrected chi connectivity index (χ3v) is 6.36. The van der Waals surface area contributed by atoms with Crippen molar-refractivity contribution in [2.45, 2.75) is 155 Å². The largest absolute Gasteiger partial charge is 0.330 e. The highest BCUT2D eigenvalue weighted by molar-refractivity contribution is 4.58. The minimum absolute atomic E-state index is 0.874. The van der Waals surface area contributed by atoms with E-state index in [0.29, 0.717) is 0 Å². The zero-order valence-electron chi connectivity index (χ0n) is 19.4. The van der Waals surface area contributed by atoms with Crippen molar-refractivity contribution in [1.29, 1.82) is 0 Å². The Hall–Kier alpha value is -0.0400. The Bertz CT molecular complexity index is 251. The van der Waals surface area contributed by atoms with Gasteiger partial charge in [-0.25, -0.2) is 0 Å². The van der Waals surface area contributed by atoms with E-state index in [0.717, 1.165) is 12.5 Å². The van der Waals surface area contributed by atoms with E-state index in [1.54, 1.807) is 0 Å². The first-order valence-electron chi connectivity index (χ1n) is 13.0. The van der Waals surface area contributed by atoms with Crippen molar-refractivity contribution in [1.82, 2.24) is 0 Å². The Morgan fingerprint density at radius 3 is 1.11 bits per heavy atom. The van der Waals surface area contributed by atoms with Crippen molar-refractivity contribution in [2.75, 3.05) is 6.54 Å². The summed E-state index contributed by atoms with van der Waals surface area (Å²) in [5, 5.41) is 0. The third-order valence-electron chi connectivity index (χ3n) is 6.36. The predicted octanol–water partition coefficient (Wildman–Crippen LogP) is 9.18. The molecule has 0 rings (SSSR count). The zero-order valence-corrected chi connectivity index (χ0v) is 19.4. The quantitative estimate of drug-likeness (QED) is 0.175. The lowest BCUT2D eigenvalue weighted by Crippen LogP contribution is -1.98. The maximum atomic E-state index is 5.52. The van der Waals surface area contributed by atoms with E-state index in [4.69, 9.17) is 5.73 Å². The van der Waals surface area contributed by atoms with Crippen molar-refractivity contribution in [3.8, 4) is 0 Å². The standard InChI is InChI=1S/C26H55N/c1-3-5-23-26(4-2)24-21-19-17-15-13-11-9-7-6-8-10-12-14-16-18-20-22-25-27/h26H,3-25,27H2,1-2H3. The number of rotatable bonds is 23. The fourth-order valence-corrected chi connectivity index (χ4v) is 4.27. The summed E-state index contributed by atoms with van der Waals surface area (Å²) < 4.78 is 0. The SMILES string of the molecule is CCCCC(CC)CCCCCCCCCCCCCCCCCCCN. The van der Waals surface area contributed by atoms with Crippen LogP contribution in [0.5, 0.6) is 0 Å². The number of hydrogen-bond donors (Lipinski definition) is 1. The summed E-state index contributed by atoms with van der Waals surface area (Å²) in [5.74, 6) is 1.01. The first-order valence-corrected chi connectivity index (χ1v) is 13.0. The summed E-state index contributed by atoms with van der Waals surface area (Å²) in [6.07, 6.45) is 31.7. The van der Waals surface area contributed by atoms with Crippen LogP contribution >= 0.6 is 0 Å². The van der Waals surface area contributed by atoms with Crippen LogP contribution in [0, 0.1) is 5.92 Å². The summed E-state index contributed by atoms with van der Waals surface area (Å²) in [6, 6.07) is 0. The Morgan fingerprint density at radius 2 is 0.778 bits per heavy atom. The smallest absolute Gasteiger partial charge is 0.00773 e. The van der Waals surface area contributed by atoms with Crippen molar-refractivity contribution in [3.63, 3.8) is 0 Å². The van der Waals surface area contributed by atoms with Crippen molar-refractivity contribution in [2.24, 2.45) is 11.7 Å². The molecule has 164 valence electrons. The lowest BCUT2D eigenvalue weighted by Gasteiger charge is -2.13. The second kappa shape index (κ2) is 24.0. The number of nitrogens with two attached hydrogens (primary N) is 1. The van der Waals surface area contributed by atoms with Gasteiger partial charge in [0, 0.05) is 0 Å². The van der Waals surface area contributed by atoms with Crippen LogP contribution in [0.2, 0.25) is 0 Å². The number of unbranched alkanes of at least 4 members (excludes halogenated alkanes) is 17. The van der Waals surface area contributed by atoms with Gasteiger partial charge in [0.05, 0.1) is 0 Å². The van der Waals surface area contributed by atoms with Crippen LogP contribution in [-0.2, 0) is 0 Å². The predicted molar refractivity (Wildman–Crippen MR) is 125 cm³/mol. The van der Waals surface area contributed by atoms with Gasteiger partial charge in [-0.3, -0.25) is 0 Å². The first kappa shape index (κ1) is 27.0. The van der Waals surface area contributed by atoms with Crippen LogP contribution in [0.4, 0.5) is 0 Å². The maximum absolute atomic E-state index is 5.52. The molecule has 0 aromatic rings. The zero-order chi connectivity index (χ0) is 19.8. The van der Waals surface area contributed by atoms with Crippen molar-refractivity contribution < 1.29 is 0 Å². The molecule has 0 aliphatic rings. The van der Waals surface area contributed by atoms with E-state index in [1.807, 2.05) is 0 Å². The van der Waals surface area contributed by atoms with Gasteiger partial charge in [-0.1, -0.05) is 149 Å². The summed E-state index contributed by atoms with van der Waals surface area (Å²) in [4.78, 5) is 0. The van der Waals surface area contributed by atoms with Crippen molar-refractivity contribution in [3.05, 3.63) is 0 Å². The molecular weight excluding hydrogens is 326 g/mol. The van der Waals surface area contributed by atoms with E-state index in [1.165, 1.54) is 141 Å².